The van der Waals surface area contributed by atoms with E-state index in [0.717, 1.165) is 25.1 Å². The Hall–Kier alpha value is -1.39. The molecule has 4 nitrogen and oxygen atoms in total. The molecule has 0 bridgehead atoms. The van der Waals surface area contributed by atoms with Crippen LogP contribution in [0.5, 0.6) is 0 Å². The molecule has 1 amide bonds. The highest BCUT2D eigenvalue weighted by molar-refractivity contribution is 5.83. The van der Waals surface area contributed by atoms with Crippen molar-refractivity contribution in [1.29, 1.82) is 0 Å². The fraction of sp³-hybridized carbons (Fsp3) is 0.462. The zero-order valence-electron chi connectivity index (χ0n) is 10.1. The Morgan fingerprint density at radius 2 is 2.18 bits per heavy atom. The van der Waals surface area contributed by atoms with E-state index in [1.807, 2.05) is 30.3 Å². The third-order valence-electron chi connectivity index (χ3n) is 3.18. The molecular formula is C13H19N3O. The maximum atomic E-state index is 12.0. The van der Waals surface area contributed by atoms with Crippen LogP contribution in [0.3, 0.4) is 0 Å². The van der Waals surface area contributed by atoms with Gasteiger partial charge in [0.1, 0.15) is 6.04 Å². The predicted octanol–water partition coefficient (Wildman–Crippen LogP) is 0.507. The second-order valence-electron chi connectivity index (χ2n) is 4.64. The lowest BCUT2D eigenvalue weighted by atomic mass is 10.1. The number of carbonyl (C=O) groups excluding carboxylic acids is 1. The Balaban J connectivity index is 1.92. The van der Waals surface area contributed by atoms with Crippen LogP contribution in [0.15, 0.2) is 30.3 Å². The van der Waals surface area contributed by atoms with Crippen LogP contribution in [0.2, 0.25) is 0 Å². The van der Waals surface area contributed by atoms with Gasteiger partial charge in [0.15, 0.2) is 0 Å². The van der Waals surface area contributed by atoms with Crippen LogP contribution in [-0.4, -0.2) is 37.0 Å². The van der Waals surface area contributed by atoms with E-state index in [1.165, 1.54) is 0 Å². The molecule has 4 heteroatoms. The van der Waals surface area contributed by atoms with Gasteiger partial charge in [-0.05, 0) is 25.6 Å². The lowest BCUT2D eigenvalue weighted by Gasteiger charge is -2.17. The summed E-state index contributed by atoms with van der Waals surface area (Å²) < 4.78 is 0. The van der Waals surface area contributed by atoms with E-state index in [1.54, 1.807) is 0 Å². The van der Waals surface area contributed by atoms with E-state index in [9.17, 15) is 4.79 Å². The molecule has 2 rings (SSSR count). The van der Waals surface area contributed by atoms with Crippen molar-refractivity contribution in [2.45, 2.75) is 18.5 Å². The highest BCUT2D eigenvalue weighted by Gasteiger charge is 2.24. The van der Waals surface area contributed by atoms with Gasteiger partial charge in [-0.15, -0.1) is 0 Å². The number of nitrogens with zero attached hydrogens (tertiary/aromatic N) is 1. The Morgan fingerprint density at radius 1 is 1.47 bits per heavy atom. The van der Waals surface area contributed by atoms with E-state index in [4.69, 9.17) is 5.73 Å². The topological polar surface area (TPSA) is 58.4 Å². The van der Waals surface area contributed by atoms with Crippen LogP contribution in [0.1, 0.15) is 18.0 Å². The molecule has 2 unspecified atom stereocenters. The maximum Gasteiger partial charge on any atom is 0.241 e. The zero-order chi connectivity index (χ0) is 12.3. The Labute approximate surface area is 102 Å². The summed E-state index contributed by atoms with van der Waals surface area (Å²) in [5.74, 6) is -0.0866. The molecule has 1 aliphatic rings. The van der Waals surface area contributed by atoms with Crippen LogP contribution in [0.25, 0.3) is 0 Å². The van der Waals surface area contributed by atoms with Crippen molar-refractivity contribution in [3.05, 3.63) is 35.9 Å². The average Bonchev–Trinajstić information content (AvgIpc) is 2.75. The first-order chi connectivity index (χ1) is 8.16. The third-order valence-corrected chi connectivity index (χ3v) is 3.18. The van der Waals surface area contributed by atoms with Gasteiger partial charge in [0.05, 0.1) is 0 Å². The largest absolute Gasteiger partial charge is 0.350 e. The van der Waals surface area contributed by atoms with Gasteiger partial charge < -0.3 is 16.0 Å². The van der Waals surface area contributed by atoms with Gasteiger partial charge in [0.2, 0.25) is 5.91 Å². The maximum absolute atomic E-state index is 12.0. The van der Waals surface area contributed by atoms with Gasteiger partial charge >= 0.3 is 0 Å². The summed E-state index contributed by atoms with van der Waals surface area (Å²) in [7, 11) is 2.06. The number of likely N-dealkylation sites (N-methyl/N-ethyl adjacent to an activating group) is 1. The van der Waals surface area contributed by atoms with Crippen molar-refractivity contribution in [3.63, 3.8) is 0 Å². The fourth-order valence-electron chi connectivity index (χ4n) is 2.16. The lowest BCUT2D eigenvalue weighted by molar-refractivity contribution is -0.123. The molecule has 1 saturated heterocycles. The minimum atomic E-state index is -0.567. The number of rotatable bonds is 3. The second-order valence-corrected chi connectivity index (χ2v) is 4.64. The Kier molecular flexibility index (Phi) is 3.76. The number of hydrogen-bond donors (Lipinski definition) is 2. The number of likely N-dealkylation sites (tertiary alicyclic amines) is 1. The Bertz CT molecular complexity index is 380. The molecule has 92 valence electrons. The number of nitrogens with two attached hydrogens (primary N) is 1. The molecule has 0 spiro atoms. The quantitative estimate of drug-likeness (QED) is 0.799. The van der Waals surface area contributed by atoms with E-state index in [0.29, 0.717) is 0 Å². The molecule has 1 fully saturated rings. The zero-order valence-corrected chi connectivity index (χ0v) is 10.1. The van der Waals surface area contributed by atoms with Gasteiger partial charge in [0, 0.05) is 12.6 Å². The predicted molar refractivity (Wildman–Crippen MR) is 67.4 cm³/mol. The fourth-order valence-corrected chi connectivity index (χ4v) is 2.16. The molecule has 1 heterocycles. The SMILES string of the molecule is CN1CCC(NC(=O)C(N)c2ccccc2)C1. The van der Waals surface area contributed by atoms with E-state index in [-0.39, 0.29) is 11.9 Å². The molecule has 0 saturated carbocycles. The van der Waals surface area contributed by atoms with Gasteiger partial charge in [-0.3, -0.25) is 4.79 Å². The summed E-state index contributed by atoms with van der Waals surface area (Å²) in [5.41, 5.74) is 6.78. The molecule has 1 aliphatic heterocycles. The van der Waals surface area contributed by atoms with Crippen LogP contribution in [0, 0.1) is 0 Å². The number of benzene rings is 1. The molecule has 1 aromatic carbocycles. The number of amides is 1. The number of hydrogen-bond acceptors (Lipinski definition) is 3. The van der Waals surface area contributed by atoms with E-state index in [2.05, 4.69) is 17.3 Å². The van der Waals surface area contributed by atoms with Crippen molar-refractivity contribution >= 4 is 5.91 Å². The lowest BCUT2D eigenvalue weighted by Crippen LogP contribution is -2.41. The van der Waals surface area contributed by atoms with Crippen molar-refractivity contribution in [2.75, 3.05) is 20.1 Å². The van der Waals surface area contributed by atoms with Crippen LogP contribution in [-0.2, 0) is 4.79 Å². The average molecular weight is 233 g/mol. The first-order valence-corrected chi connectivity index (χ1v) is 5.96. The molecule has 2 atom stereocenters. The van der Waals surface area contributed by atoms with Gasteiger partial charge in [0.25, 0.3) is 0 Å². The monoisotopic (exact) mass is 233 g/mol. The van der Waals surface area contributed by atoms with Crippen LogP contribution in [0.4, 0.5) is 0 Å². The molecule has 0 aliphatic carbocycles. The number of carbonyl (C=O) groups is 1. The number of nitrogens with one attached hydrogen (secondary N) is 1. The van der Waals surface area contributed by atoms with Crippen molar-refractivity contribution < 1.29 is 4.79 Å². The smallest absolute Gasteiger partial charge is 0.241 e. The normalized spacial score (nSPS) is 22.4. The summed E-state index contributed by atoms with van der Waals surface area (Å²) in [6.45, 7) is 1.94. The van der Waals surface area contributed by atoms with Crippen molar-refractivity contribution in [1.82, 2.24) is 10.2 Å². The van der Waals surface area contributed by atoms with Crippen LogP contribution < -0.4 is 11.1 Å². The molecule has 3 N–H and O–H groups in total. The minimum Gasteiger partial charge on any atom is -0.350 e. The molecule has 17 heavy (non-hydrogen) atoms. The van der Waals surface area contributed by atoms with Crippen molar-refractivity contribution in [3.8, 4) is 0 Å². The summed E-state index contributed by atoms with van der Waals surface area (Å²) in [6, 6.07) is 9.14. The second kappa shape index (κ2) is 5.29. The van der Waals surface area contributed by atoms with E-state index >= 15 is 0 Å². The highest BCUT2D eigenvalue weighted by atomic mass is 16.2. The van der Waals surface area contributed by atoms with E-state index < -0.39 is 6.04 Å². The molecule has 1 aromatic rings. The summed E-state index contributed by atoms with van der Waals surface area (Å²) in [5, 5.41) is 3.00. The van der Waals surface area contributed by atoms with Crippen LogP contribution >= 0.6 is 0 Å². The first-order valence-electron chi connectivity index (χ1n) is 5.96. The third kappa shape index (κ3) is 3.05. The van der Waals surface area contributed by atoms with Gasteiger partial charge in [-0.25, -0.2) is 0 Å². The molecular weight excluding hydrogens is 214 g/mol. The molecule has 0 radical (unpaired) electrons. The standard InChI is InChI=1S/C13H19N3O/c1-16-8-7-11(9-16)15-13(17)12(14)10-5-3-2-4-6-10/h2-6,11-12H,7-9,14H2,1H3,(H,15,17). The van der Waals surface area contributed by atoms with Gasteiger partial charge in [-0.2, -0.15) is 0 Å². The molecule has 0 aromatic heterocycles. The van der Waals surface area contributed by atoms with Gasteiger partial charge in [-0.1, -0.05) is 30.3 Å². The summed E-state index contributed by atoms with van der Waals surface area (Å²) >= 11 is 0. The first kappa shape index (κ1) is 12.1. The minimum absolute atomic E-state index is 0.0866. The summed E-state index contributed by atoms with van der Waals surface area (Å²) in [4.78, 5) is 14.2. The van der Waals surface area contributed by atoms with Crippen molar-refractivity contribution in [2.24, 2.45) is 5.73 Å². The summed E-state index contributed by atoms with van der Waals surface area (Å²) in [6.07, 6.45) is 1.00. The highest BCUT2D eigenvalue weighted by Crippen LogP contribution is 2.12. The Morgan fingerprint density at radius 3 is 2.76 bits per heavy atom.